The minimum Gasteiger partial charge on any atom is -0.478 e. The molecule has 2 rings (SSSR count). The summed E-state index contributed by atoms with van der Waals surface area (Å²) in [6, 6.07) is 9.66. The summed E-state index contributed by atoms with van der Waals surface area (Å²) < 4.78 is 5.08. The van der Waals surface area contributed by atoms with Crippen molar-refractivity contribution in [2.24, 2.45) is 0 Å². The number of carboxylic acid groups (broad SMARTS) is 1. The standard InChI is InChI=1S/C14H15NO3S/c1-18-8-10-3-2-4-12(5-10)15-7-13-6-11(9-19-13)14(16)17/h2-6,9,15H,7-8H2,1H3,(H,16,17). The number of anilines is 1. The fourth-order valence-corrected chi connectivity index (χ4v) is 2.51. The van der Waals surface area contributed by atoms with E-state index in [2.05, 4.69) is 5.32 Å². The molecule has 0 saturated carbocycles. The number of hydrogen-bond acceptors (Lipinski definition) is 4. The molecule has 1 aromatic heterocycles. The number of hydrogen-bond donors (Lipinski definition) is 2. The number of nitrogens with one attached hydrogen (secondary N) is 1. The van der Waals surface area contributed by atoms with E-state index in [0.29, 0.717) is 18.7 Å². The molecule has 19 heavy (non-hydrogen) atoms. The van der Waals surface area contributed by atoms with Crippen LogP contribution in [0.4, 0.5) is 5.69 Å². The lowest BCUT2D eigenvalue weighted by Crippen LogP contribution is -1.99. The molecule has 0 aliphatic rings. The van der Waals surface area contributed by atoms with E-state index in [1.54, 1.807) is 18.6 Å². The van der Waals surface area contributed by atoms with Crippen molar-refractivity contribution in [3.05, 3.63) is 51.7 Å². The quantitative estimate of drug-likeness (QED) is 0.851. The van der Waals surface area contributed by atoms with E-state index in [0.717, 1.165) is 16.1 Å². The van der Waals surface area contributed by atoms with Crippen molar-refractivity contribution in [3.63, 3.8) is 0 Å². The molecule has 0 saturated heterocycles. The molecule has 0 atom stereocenters. The highest BCUT2D eigenvalue weighted by Crippen LogP contribution is 2.17. The van der Waals surface area contributed by atoms with Crippen LogP contribution in [-0.4, -0.2) is 18.2 Å². The summed E-state index contributed by atoms with van der Waals surface area (Å²) in [5.41, 5.74) is 2.44. The number of ether oxygens (including phenoxy) is 1. The van der Waals surface area contributed by atoms with Gasteiger partial charge in [0.05, 0.1) is 12.2 Å². The fraction of sp³-hybridized carbons (Fsp3) is 0.214. The van der Waals surface area contributed by atoms with Gasteiger partial charge in [0.2, 0.25) is 0 Å². The molecule has 4 nitrogen and oxygen atoms in total. The van der Waals surface area contributed by atoms with Crippen LogP contribution in [0.15, 0.2) is 35.7 Å². The Morgan fingerprint density at radius 1 is 1.42 bits per heavy atom. The first-order valence-electron chi connectivity index (χ1n) is 5.81. The zero-order chi connectivity index (χ0) is 13.7. The molecule has 0 aliphatic carbocycles. The number of benzene rings is 1. The van der Waals surface area contributed by atoms with Gasteiger partial charge in [-0.15, -0.1) is 11.3 Å². The number of carboxylic acids is 1. The van der Waals surface area contributed by atoms with E-state index in [-0.39, 0.29) is 0 Å². The first-order chi connectivity index (χ1) is 9.19. The van der Waals surface area contributed by atoms with Crippen LogP contribution < -0.4 is 5.32 Å². The van der Waals surface area contributed by atoms with Gasteiger partial charge >= 0.3 is 5.97 Å². The van der Waals surface area contributed by atoms with Crippen LogP contribution in [0.5, 0.6) is 0 Å². The number of thiophene rings is 1. The van der Waals surface area contributed by atoms with Gasteiger partial charge in [0.25, 0.3) is 0 Å². The number of aromatic carboxylic acids is 1. The smallest absolute Gasteiger partial charge is 0.336 e. The van der Waals surface area contributed by atoms with Crippen molar-refractivity contribution in [1.82, 2.24) is 0 Å². The molecule has 0 radical (unpaired) electrons. The predicted molar refractivity (Wildman–Crippen MR) is 75.8 cm³/mol. The highest BCUT2D eigenvalue weighted by Gasteiger charge is 2.06. The Balaban J connectivity index is 1.97. The van der Waals surface area contributed by atoms with Gasteiger partial charge < -0.3 is 15.2 Å². The van der Waals surface area contributed by atoms with Crippen molar-refractivity contribution in [2.45, 2.75) is 13.2 Å². The minimum atomic E-state index is -0.885. The molecule has 0 bridgehead atoms. The first-order valence-corrected chi connectivity index (χ1v) is 6.69. The third-order valence-electron chi connectivity index (χ3n) is 2.61. The predicted octanol–water partition coefficient (Wildman–Crippen LogP) is 3.20. The Bertz CT molecular complexity index is 565. The van der Waals surface area contributed by atoms with Gasteiger partial charge in [0.1, 0.15) is 0 Å². The molecule has 2 N–H and O–H groups in total. The normalized spacial score (nSPS) is 10.4. The average Bonchev–Trinajstić information content (AvgIpc) is 2.86. The van der Waals surface area contributed by atoms with Crippen molar-refractivity contribution in [1.29, 1.82) is 0 Å². The molecule has 2 aromatic rings. The van der Waals surface area contributed by atoms with Gasteiger partial charge in [-0.3, -0.25) is 0 Å². The highest BCUT2D eigenvalue weighted by molar-refractivity contribution is 7.10. The van der Waals surface area contributed by atoms with Crippen LogP contribution in [0.2, 0.25) is 0 Å². The van der Waals surface area contributed by atoms with Crippen LogP contribution in [0, 0.1) is 0 Å². The number of carbonyl (C=O) groups is 1. The topological polar surface area (TPSA) is 58.6 Å². The van der Waals surface area contributed by atoms with Crippen molar-refractivity contribution < 1.29 is 14.6 Å². The van der Waals surface area contributed by atoms with Gasteiger partial charge in [-0.2, -0.15) is 0 Å². The molecule has 5 heteroatoms. The number of rotatable bonds is 6. The van der Waals surface area contributed by atoms with Gasteiger partial charge in [0, 0.05) is 29.6 Å². The van der Waals surface area contributed by atoms with Crippen LogP contribution in [0.25, 0.3) is 0 Å². The maximum atomic E-state index is 10.8. The van der Waals surface area contributed by atoms with Crippen molar-refractivity contribution in [2.75, 3.05) is 12.4 Å². The Hall–Kier alpha value is -1.85. The fourth-order valence-electron chi connectivity index (χ4n) is 1.71. The lowest BCUT2D eigenvalue weighted by molar-refractivity contribution is 0.0697. The zero-order valence-electron chi connectivity index (χ0n) is 10.6. The molecule has 0 fully saturated rings. The van der Waals surface area contributed by atoms with E-state index in [1.165, 1.54) is 11.3 Å². The van der Waals surface area contributed by atoms with Crippen LogP contribution in [-0.2, 0) is 17.9 Å². The van der Waals surface area contributed by atoms with E-state index in [9.17, 15) is 4.79 Å². The lowest BCUT2D eigenvalue weighted by atomic mass is 10.2. The van der Waals surface area contributed by atoms with Crippen LogP contribution >= 0.6 is 11.3 Å². The van der Waals surface area contributed by atoms with Gasteiger partial charge in [-0.05, 0) is 23.8 Å². The van der Waals surface area contributed by atoms with Gasteiger partial charge in [-0.25, -0.2) is 4.79 Å². The summed E-state index contributed by atoms with van der Waals surface area (Å²) in [7, 11) is 1.67. The summed E-state index contributed by atoms with van der Waals surface area (Å²) in [4.78, 5) is 11.8. The highest BCUT2D eigenvalue weighted by atomic mass is 32.1. The lowest BCUT2D eigenvalue weighted by Gasteiger charge is -2.07. The summed E-state index contributed by atoms with van der Waals surface area (Å²) in [5, 5.41) is 13.8. The van der Waals surface area contributed by atoms with Gasteiger partial charge in [-0.1, -0.05) is 12.1 Å². The molecule has 0 unspecified atom stereocenters. The van der Waals surface area contributed by atoms with Crippen LogP contribution in [0.3, 0.4) is 0 Å². The van der Waals surface area contributed by atoms with E-state index in [4.69, 9.17) is 9.84 Å². The Kier molecular flexibility index (Phi) is 4.54. The maximum absolute atomic E-state index is 10.8. The van der Waals surface area contributed by atoms with Crippen LogP contribution in [0.1, 0.15) is 20.8 Å². The molecule has 0 spiro atoms. The largest absolute Gasteiger partial charge is 0.478 e. The first kappa shape index (κ1) is 13.6. The van der Waals surface area contributed by atoms with Gasteiger partial charge in [0.15, 0.2) is 0 Å². The minimum absolute atomic E-state index is 0.343. The molecule has 0 aliphatic heterocycles. The molecule has 1 aromatic carbocycles. The summed E-state index contributed by atoms with van der Waals surface area (Å²) in [5.74, 6) is -0.885. The van der Waals surface area contributed by atoms with E-state index >= 15 is 0 Å². The zero-order valence-corrected chi connectivity index (χ0v) is 11.4. The second kappa shape index (κ2) is 6.36. The Labute approximate surface area is 115 Å². The monoisotopic (exact) mass is 277 g/mol. The van der Waals surface area contributed by atoms with Crippen molar-refractivity contribution in [3.8, 4) is 0 Å². The summed E-state index contributed by atoms with van der Waals surface area (Å²) in [6.07, 6.45) is 0. The Morgan fingerprint density at radius 2 is 2.26 bits per heavy atom. The molecular weight excluding hydrogens is 262 g/mol. The molecular formula is C14H15NO3S. The second-order valence-corrected chi connectivity index (χ2v) is 5.09. The summed E-state index contributed by atoms with van der Waals surface area (Å²) >= 11 is 1.44. The number of methoxy groups -OCH3 is 1. The second-order valence-electron chi connectivity index (χ2n) is 4.09. The van der Waals surface area contributed by atoms with E-state index in [1.807, 2.05) is 24.3 Å². The van der Waals surface area contributed by atoms with E-state index < -0.39 is 5.97 Å². The average molecular weight is 277 g/mol. The third kappa shape index (κ3) is 3.81. The Morgan fingerprint density at radius 3 is 2.95 bits per heavy atom. The maximum Gasteiger partial charge on any atom is 0.336 e. The molecule has 0 amide bonds. The molecule has 100 valence electrons. The SMILES string of the molecule is COCc1cccc(NCc2cc(C(=O)O)cs2)c1. The summed E-state index contributed by atoms with van der Waals surface area (Å²) in [6.45, 7) is 1.20. The third-order valence-corrected chi connectivity index (χ3v) is 3.54. The van der Waals surface area contributed by atoms with Crippen molar-refractivity contribution >= 4 is 23.0 Å². The molecule has 1 heterocycles.